The Morgan fingerprint density at radius 1 is 0.500 bits per heavy atom. The molecule has 0 saturated heterocycles. The van der Waals surface area contributed by atoms with E-state index < -0.39 is 12.0 Å². The van der Waals surface area contributed by atoms with Gasteiger partial charge in [-0.15, -0.1) is 0 Å². The van der Waals surface area contributed by atoms with Crippen molar-refractivity contribution in [2.75, 3.05) is 13.2 Å². The van der Waals surface area contributed by atoms with Crippen LogP contribution in [0.15, 0.2) is 0 Å². The van der Waals surface area contributed by atoms with Gasteiger partial charge in [-0.25, -0.2) is 0 Å². The molecule has 2 N–H and O–H groups in total. The SMILES string of the molecule is CCCCCCCCCCCCCCOC(=O)CC[C@H](N)C(=O)OCCCCCCCCCCCCCC. The molecule has 0 fully saturated rings. The highest BCUT2D eigenvalue weighted by Crippen LogP contribution is 2.13. The molecule has 0 radical (unpaired) electrons. The Hall–Kier alpha value is -1.10. The van der Waals surface area contributed by atoms with E-state index in [4.69, 9.17) is 15.2 Å². The van der Waals surface area contributed by atoms with Crippen LogP contribution in [-0.4, -0.2) is 31.2 Å². The fourth-order valence-electron chi connectivity index (χ4n) is 4.82. The number of hydrogen-bond acceptors (Lipinski definition) is 5. The second-order valence-corrected chi connectivity index (χ2v) is 11.3. The highest BCUT2D eigenvalue weighted by Gasteiger charge is 2.17. The van der Waals surface area contributed by atoms with Crippen molar-refractivity contribution in [3.05, 3.63) is 0 Å². The first-order valence-corrected chi connectivity index (χ1v) is 16.7. The van der Waals surface area contributed by atoms with Gasteiger partial charge in [0.15, 0.2) is 0 Å². The average molecular weight is 540 g/mol. The molecule has 1 atom stereocenters. The van der Waals surface area contributed by atoms with Gasteiger partial charge in [0.05, 0.1) is 13.2 Å². The van der Waals surface area contributed by atoms with E-state index >= 15 is 0 Å². The van der Waals surface area contributed by atoms with Crippen LogP contribution in [0.2, 0.25) is 0 Å². The van der Waals surface area contributed by atoms with Gasteiger partial charge in [0, 0.05) is 6.42 Å². The molecule has 0 saturated carbocycles. The zero-order chi connectivity index (χ0) is 27.9. The predicted octanol–water partition coefficient (Wildman–Crippen LogP) is 9.58. The van der Waals surface area contributed by atoms with Crippen molar-refractivity contribution in [2.45, 2.75) is 187 Å². The summed E-state index contributed by atoms with van der Waals surface area (Å²) in [5, 5.41) is 0. The fraction of sp³-hybridized carbons (Fsp3) is 0.939. The van der Waals surface area contributed by atoms with Crippen molar-refractivity contribution in [3.8, 4) is 0 Å². The Bertz CT molecular complexity index is 511. The molecule has 0 spiro atoms. The Kier molecular flexibility index (Phi) is 29.6. The maximum atomic E-state index is 12.0. The first-order valence-electron chi connectivity index (χ1n) is 16.7. The topological polar surface area (TPSA) is 78.6 Å². The van der Waals surface area contributed by atoms with Crippen LogP contribution in [0, 0.1) is 0 Å². The minimum atomic E-state index is -0.744. The van der Waals surface area contributed by atoms with Crippen LogP contribution >= 0.6 is 0 Å². The summed E-state index contributed by atoms with van der Waals surface area (Å²) < 4.78 is 10.6. The minimum absolute atomic E-state index is 0.174. The second-order valence-electron chi connectivity index (χ2n) is 11.3. The van der Waals surface area contributed by atoms with Crippen LogP contribution in [0.25, 0.3) is 0 Å². The lowest BCUT2D eigenvalue weighted by atomic mass is 10.1. The Morgan fingerprint density at radius 3 is 1.18 bits per heavy atom. The molecule has 0 aromatic carbocycles. The monoisotopic (exact) mass is 539 g/mol. The molecular weight excluding hydrogens is 474 g/mol. The molecule has 0 aromatic rings. The van der Waals surface area contributed by atoms with Crippen molar-refractivity contribution in [1.82, 2.24) is 0 Å². The summed E-state index contributed by atoms with van der Waals surface area (Å²) in [6.45, 7) is 5.41. The Balaban J connectivity index is 3.41. The van der Waals surface area contributed by atoms with Gasteiger partial charge in [-0.2, -0.15) is 0 Å². The predicted molar refractivity (Wildman–Crippen MR) is 161 cm³/mol. The summed E-state index contributed by atoms with van der Waals surface area (Å²) in [6, 6.07) is -0.744. The van der Waals surface area contributed by atoms with Crippen molar-refractivity contribution >= 4 is 11.9 Å². The number of nitrogens with two attached hydrogens (primary N) is 1. The van der Waals surface area contributed by atoms with E-state index in [1.807, 2.05) is 0 Å². The zero-order valence-electron chi connectivity index (χ0n) is 25.6. The van der Waals surface area contributed by atoms with Gasteiger partial charge >= 0.3 is 11.9 Å². The van der Waals surface area contributed by atoms with Gasteiger partial charge < -0.3 is 15.2 Å². The van der Waals surface area contributed by atoms with Crippen LogP contribution in [0.1, 0.15) is 181 Å². The van der Waals surface area contributed by atoms with E-state index in [1.165, 1.54) is 128 Å². The largest absolute Gasteiger partial charge is 0.466 e. The van der Waals surface area contributed by atoms with Crippen LogP contribution in [0.4, 0.5) is 0 Å². The van der Waals surface area contributed by atoms with Crippen molar-refractivity contribution in [2.24, 2.45) is 5.73 Å². The van der Waals surface area contributed by atoms with Gasteiger partial charge in [-0.05, 0) is 19.3 Å². The molecule has 0 rings (SSSR count). The average Bonchev–Trinajstić information content (AvgIpc) is 2.92. The molecule has 38 heavy (non-hydrogen) atoms. The normalized spacial score (nSPS) is 12.0. The Labute approximate surface area is 236 Å². The number of carbonyl (C=O) groups is 2. The molecule has 226 valence electrons. The van der Waals surface area contributed by atoms with Gasteiger partial charge in [0.25, 0.3) is 0 Å². The molecule has 0 aromatic heterocycles. The molecule has 0 heterocycles. The molecule has 0 amide bonds. The summed E-state index contributed by atoms with van der Waals surface area (Å²) >= 11 is 0. The minimum Gasteiger partial charge on any atom is -0.466 e. The maximum absolute atomic E-state index is 12.0. The third kappa shape index (κ3) is 27.9. The molecule has 0 unspecified atom stereocenters. The van der Waals surface area contributed by atoms with E-state index in [-0.39, 0.29) is 18.8 Å². The smallest absolute Gasteiger partial charge is 0.322 e. The van der Waals surface area contributed by atoms with Crippen LogP contribution in [0.3, 0.4) is 0 Å². The van der Waals surface area contributed by atoms with Crippen LogP contribution < -0.4 is 5.73 Å². The fourth-order valence-corrected chi connectivity index (χ4v) is 4.82. The van der Waals surface area contributed by atoms with E-state index in [9.17, 15) is 9.59 Å². The number of unbranched alkanes of at least 4 members (excludes halogenated alkanes) is 22. The quantitative estimate of drug-likeness (QED) is 0.0726. The standard InChI is InChI=1S/C33H65NO4/c1-3-5-7-9-11-13-15-17-19-21-23-25-29-37-32(35)28-27-31(34)33(36)38-30-26-24-22-20-18-16-14-12-10-8-6-4-2/h31H,3-30,34H2,1-2H3/t31-/m0/s1. The molecular formula is C33H65NO4. The molecule has 5 heteroatoms. The van der Waals surface area contributed by atoms with Crippen molar-refractivity contribution < 1.29 is 19.1 Å². The van der Waals surface area contributed by atoms with Crippen molar-refractivity contribution in [3.63, 3.8) is 0 Å². The number of hydrogen-bond donors (Lipinski definition) is 1. The molecule has 0 aliphatic rings. The molecule has 0 aliphatic carbocycles. The lowest BCUT2D eigenvalue weighted by molar-refractivity contribution is -0.146. The summed E-state index contributed by atoms with van der Waals surface area (Å²) in [6.07, 6.45) is 31.2. The first kappa shape index (κ1) is 36.9. The Morgan fingerprint density at radius 2 is 0.816 bits per heavy atom. The van der Waals surface area contributed by atoms with Gasteiger partial charge in [0.2, 0.25) is 0 Å². The van der Waals surface area contributed by atoms with Gasteiger partial charge in [0.1, 0.15) is 6.04 Å². The molecule has 0 aliphatic heterocycles. The lowest BCUT2D eigenvalue weighted by Gasteiger charge is -2.11. The van der Waals surface area contributed by atoms with Gasteiger partial charge in [-0.1, -0.05) is 155 Å². The van der Waals surface area contributed by atoms with Gasteiger partial charge in [-0.3, -0.25) is 9.59 Å². The lowest BCUT2D eigenvalue weighted by Crippen LogP contribution is -2.33. The highest BCUT2D eigenvalue weighted by atomic mass is 16.5. The summed E-state index contributed by atoms with van der Waals surface area (Å²) in [5.74, 6) is -0.667. The number of carbonyl (C=O) groups excluding carboxylic acids is 2. The summed E-state index contributed by atoms with van der Waals surface area (Å²) in [7, 11) is 0. The second kappa shape index (κ2) is 30.4. The number of esters is 2. The third-order valence-electron chi connectivity index (χ3n) is 7.47. The van der Waals surface area contributed by atoms with E-state index in [0.717, 1.165) is 25.7 Å². The number of ether oxygens (including phenoxy) is 2. The van der Waals surface area contributed by atoms with E-state index in [1.54, 1.807) is 0 Å². The maximum Gasteiger partial charge on any atom is 0.322 e. The van der Waals surface area contributed by atoms with Crippen LogP contribution in [-0.2, 0) is 19.1 Å². The van der Waals surface area contributed by atoms with Crippen LogP contribution in [0.5, 0.6) is 0 Å². The van der Waals surface area contributed by atoms with Crippen molar-refractivity contribution in [1.29, 1.82) is 0 Å². The third-order valence-corrected chi connectivity index (χ3v) is 7.47. The summed E-state index contributed by atoms with van der Waals surface area (Å²) in [5.41, 5.74) is 5.90. The highest BCUT2D eigenvalue weighted by molar-refractivity contribution is 5.77. The number of rotatable bonds is 30. The first-order chi connectivity index (χ1) is 18.6. The molecule has 5 nitrogen and oxygen atoms in total. The molecule has 0 bridgehead atoms. The van der Waals surface area contributed by atoms with E-state index in [2.05, 4.69) is 13.8 Å². The van der Waals surface area contributed by atoms with E-state index in [0.29, 0.717) is 13.2 Å². The zero-order valence-corrected chi connectivity index (χ0v) is 25.6. The summed E-state index contributed by atoms with van der Waals surface area (Å²) in [4.78, 5) is 24.0.